The van der Waals surface area contributed by atoms with Crippen LogP contribution >= 0.6 is 23.2 Å². The van der Waals surface area contributed by atoms with Crippen molar-refractivity contribution in [3.8, 4) is 16.9 Å². The van der Waals surface area contributed by atoms with Gasteiger partial charge in [-0.2, -0.15) is 0 Å². The van der Waals surface area contributed by atoms with Crippen LogP contribution in [0, 0.1) is 0 Å². The minimum absolute atomic E-state index is 0.0631. The van der Waals surface area contributed by atoms with E-state index in [0.717, 1.165) is 22.3 Å². The van der Waals surface area contributed by atoms with Gasteiger partial charge in [-0.05, 0) is 65.1 Å². The van der Waals surface area contributed by atoms with Crippen LogP contribution in [0.25, 0.3) is 11.1 Å². The van der Waals surface area contributed by atoms with E-state index in [4.69, 9.17) is 42.8 Å². The molecule has 0 aliphatic carbocycles. The third-order valence-corrected chi connectivity index (χ3v) is 8.13. The minimum atomic E-state index is -1.33. The monoisotopic (exact) mass is 643 g/mol. The third-order valence-electron chi connectivity index (χ3n) is 7.54. The number of ether oxygens (including phenoxy) is 2. The predicted octanol–water partition coefficient (Wildman–Crippen LogP) is 7.12. The van der Waals surface area contributed by atoms with Crippen molar-refractivity contribution in [3.63, 3.8) is 0 Å². The van der Waals surface area contributed by atoms with E-state index in [1.54, 1.807) is 18.2 Å². The summed E-state index contributed by atoms with van der Waals surface area (Å²) >= 11 is 12.4. The summed E-state index contributed by atoms with van der Waals surface area (Å²) in [6.07, 6.45) is 2.32. The lowest BCUT2D eigenvalue weighted by Crippen LogP contribution is -2.52. The fourth-order valence-corrected chi connectivity index (χ4v) is 5.69. The van der Waals surface area contributed by atoms with E-state index in [1.807, 2.05) is 72.8 Å². The number of aliphatic imine (C=N–C) groups is 1. The number of hydrogen-bond acceptors (Lipinski definition) is 6. The van der Waals surface area contributed by atoms with Gasteiger partial charge in [0.25, 0.3) is 5.91 Å². The molecule has 7 nitrogen and oxygen atoms in total. The zero-order valence-corrected chi connectivity index (χ0v) is 26.2. The standard InChI is InChI=1S/C36H35Cl2N3O4/c1-2-20-36(35(43)41-39-21-19-27-13-16-30(37)24-32(27)38)33(28-11-9-26(10-12-28)25-7-4-3-5-8-25)45-34(40-36)29-14-17-31(18-15-29)44-23-6-22-42/h2-5,7-18,24,33,39,42H,1,6,19-23H2,(H,41,43)/t33-,36-/m0/s1. The first-order valence-corrected chi connectivity index (χ1v) is 15.5. The van der Waals surface area contributed by atoms with Crippen molar-refractivity contribution in [1.29, 1.82) is 0 Å². The molecule has 0 bridgehead atoms. The van der Waals surface area contributed by atoms with Crippen LogP contribution < -0.4 is 15.6 Å². The molecule has 0 unspecified atom stereocenters. The maximum absolute atomic E-state index is 14.0. The smallest absolute Gasteiger partial charge is 0.266 e. The van der Waals surface area contributed by atoms with Crippen molar-refractivity contribution in [2.24, 2.45) is 4.99 Å². The van der Waals surface area contributed by atoms with Crippen LogP contribution in [0.1, 0.15) is 35.6 Å². The van der Waals surface area contributed by atoms with Gasteiger partial charge in [-0.25, -0.2) is 10.4 Å². The third kappa shape index (κ3) is 7.75. The lowest BCUT2D eigenvalue weighted by Gasteiger charge is -2.29. The van der Waals surface area contributed by atoms with Crippen molar-refractivity contribution in [2.45, 2.75) is 30.9 Å². The summed E-state index contributed by atoms with van der Waals surface area (Å²) in [6.45, 7) is 4.85. The Bertz CT molecular complexity index is 1630. The number of nitrogens with one attached hydrogen (secondary N) is 2. The van der Waals surface area contributed by atoms with Crippen molar-refractivity contribution in [1.82, 2.24) is 10.9 Å². The van der Waals surface area contributed by atoms with Gasteiger partial charge in [0, 0.05) is 41.6 Å². The molecule has 4 aromatic rings. The van der Waals surface area contributed by atoms with E-state index in [0.29, 0.717) is 53.2 Å². The highest BCUT2D eigenvalue weighted by Gasteiger charge is 2.52. The van der Waals surface area contributed by atoms with Gasteiger partial charge in [0.1, 0.15) is 5.75 Å². The molecule has 0 saturated carbocycles. The number of carbonyl (C=O) groups is 1. The zero-order valence-electron chi connectivity index (χ0n) is 24.7. The normalized spacial score (nSPS) is 17.3. The predicted molar refractivity (Wildman–Crippen MR) is 180 cm³/mol. The second-order valence-corrected chi connectivity index (χ2v) is 11.5. The van der Waals surface area contributed by atoms with Gasteiger partial charge in [-0.1, -0.05) is 89.9 Å². The number of nitrogens with zero attached hydrogens (tertiary/aromatic N) is 1. The lowest BCUT2D eigenvalue weighted by molar-refractivity contribution is -0.129. The molecule has 3 N–H and O–H groups in total. The van der Waals surface area contributed by atoms with Crippen molar-refractivity contribution >= 4 is 35.0 Å². The van der Waals surface area contributed by atoms with Gasteiger partial charge in [0.05, 0.1) is 6.61 Å². The number of benzene rings is 4. The van der Waals surface area contributed by atoms with Gasteiger partial charge in [0.2, 0.25) is 5.90 Å². The number of aliphatic hydroxyl groups excluding tert-OH is 1. The summed E-state index contributed by atoms with van der Waals surface area (Å²) < 4.78 is 12.2. The Hall–Kier alpha value is -4.14. The van der Waals surface area contributed by atoms with Gasteiger partial charge < -0.3 is 14.6 Å². The van der Waals surface area contributed by atoms with Crippen molar-refractivity contribution in [2.75, 3.05) is 19.8 Å². The molecule has 4 aromatic carbocycles. The average molecular weight is 645 g/mol. The fraction of sp³-hybridized carbons (Fsp3) is 0.222. The molecule has 1 heterocycles. The Morgan fingerprint density at radius 1 is 0.978 bits per heavy atom. The van der Waals surface area contributed by atoms with Gasteiger partial charge in [0.15, 0.2) is 11.6 Å². The molecule has 1 aliphatic rings. The van der Waals surface area contributed by atoms with Crippen LogP contribution in [0.3, 0.4) is 0 Å². The van der Waals surface area contributed by atoms with Crippen LogP contribution in [-0.4, -0.2) is 42.2 Å². The molecule has 2 atom stereocenters. The van der Waals surface area contributed by atoms with E-state index in [1.165, 1.54) is 0 Å². The molecule has 1 aliphatic heterocycles. The average Bonchev–Trinajstić information content (AvgIpc) is 3.45. The van der Waals surface area contributed by atoms with Crippen molar-refractivity contribution < 1.29 is 19.4 Å². The number of hydrogen-bond donors (Lipinski definition) is 3. The number of aliphatic hydroxyl groups is 1. The topological polar surface area (TPSA) is 92.2 Å². The van der Waals surface area contributed by atoms with Crippen molar-refractivity contribution in [3.05, 3.63) is 136 Å². The summed E-state index contributed by atoms with van der Waals surface area (Å²) in [5.41, 5.74) is 9.15. The SMILES string of the molecule is C=CC[C@]1(C(=O)NNCCc2ccc(Cl)cc2Cl)N=C(c2ccc(OCCCO)cc2)O[C@H]1c1ccc(-c2ccccc2)cc1. The van der Waals surface area contributed by atoms with Crippen LogP contribution in [-0.2, 0) is 16.0 Å². The van der Waals surface area contributed by atoms with Gasteiger partial charge in [-0.15, -0.1) is 6.58 Å². The van der Waals surface area contributed by atoms with Gasteiger partial charge >= 0.3 is 0 Å². The number of carbonyl (C=O) groups excluding carboxylic acids is 1. The van der Waals surface area contributed by atoms with E-state index in [2.05, 4.69) is 29.6 Å². The summed E-state index contributed by atoms with van der Waals surface area (Å²) in [5.74, 6) is 0.665. The highest BCUT2D eigenvalue weighted by molar-refractivity contribution is 6.35. The first kappa shape index (κ1) is 32.3. The summed E-state index contributed by atoms with van der Waals surface area (Å²) in [4.78, 5) is 19.0. The lowest BCUT2D eigenvalue weighted by atomic mass is 9.84. The molecule has 1 amide bonds. The second kappa shape index (κ2) is 15.2. The highest BCUT2D eigenvalue weighted by Crippen LogP contribution is 2.43. The van der Waals surface area contributed by atoms with Crippen LogP contribution in [0.15, 0.2) is 115 Å². The Morgan fingerprint density at radius 3 is 2.38 bits per heavy atom. The molecule has 9 heteroatoms. The summed E-state index contributed by atoms with van der Waals surface area (Å²) in [5, 5.41) is 10.2. The molecule has 232 valence electrons. The molecule has 5 rings (SSSR count). The maximum atomic E-state index is 14.0. The molecule has 0 radical (unpaired) electrons. The highest BCUT2D eigenvalue weighted by atomic mass is 35.5. The molecule has 45 heavy (non-hydrogen) atoms. The molecule has 0 spiro atoms. The number of amides is 1. The number of rotatable bonds is 14. The largest absolute Gasteiger partial charge is 0.494 e. The molecule has 0 saturated heterocycles. The first-order valence-electron chi connectivity index (χ1n) is 14.8. The summed E-state index contributed by atoms with van der Waals surface area (Å²) in [7, 11) is 0. The Morgan fingerprint density at radius 2 is 1.69 bits per heavy atom. The molecular formula is C36H35Cl2N3O4. The fourth-order valence-electron chi connectivity index (χ4n) is 5.19. The second-order valence-electron chi connectivity index (χ2n) is 10.6. The van der Waals surface area contributed by atoms with Crippen LogP contribution in [0.4, 0.5) is 0 Å². The Balaban J connectivity index is 1.40. The zero-order chi connectivity index (χ0) is 31.6. The van der Waals surface area contributed by atoms with E-state index in [9.17, 15) is 4.79 Å². The Labute approximate surface area is 273 Å². The summed E-state index contributed by atoms with van der Waals surface area (Å²) in [6, 6.07) is 30.8. The van der Waals surface area contributed by atoms with Gasteiger partial charge in [-0.3, -0.25) is 10.2 Å². The first-order chi connectivity index (χ1) is 21.9. The quantitative estimate of drug-likeness (QED) is 0.0773. The maximum Gasteiger partial charge on any atom is 0.266 e. The number of hydrazine groups is 1. The minimum Gasteiger partial charge on any atom is -0.494 e. The molecule has 0 fully saturated rings. The van der Waals surface area contributed by atoms with E-state index in [-0.39, 0.29) is 18.9 Å². The molecular weight excluding hydrogens is 609 g/mol. The van der Waals surface area contributed by atoms with Crippen LogP contribution in [0.5, 0.6) is 5.75 Å². The molecule has 0 aromatic heterocycles. The number of halogens is 2. The Kier molecular flexibility index (Phi) is 10.9. The van der Waals surface area contributed by atoms with E-state index >= 15 is 0 Å². The van der Waals surface area contributed by atoms with E-state index < -0.39 is 11.6 Å². The van der Waals surface area contributed by atoms with Crippen LogP contribution in [0.2, 0.25) is 10.0 Å².